The lowest BCUT2D eigenvalue weighted by Crippen LogP contribution is -2.48. The summed E-state index contributed by atoms with van der Waals surface area (Å²) >= 11 is 5.69. The minimum atomic E-state index is -2.16. The Morgan fingerprint density at radius 1 is 1.03 bits per heavy atom. The maximum Gasteiger partial charge on any atom is 0.214 e. The van der Waals surface area contributed by atoms with Gasteiger partial charge in [0.25, 0.3) is 0 Å². The van der Waals surface area contributed by atoms with Gasteiger partial charge in [-0.05, 0) is 29.8 Å². The topological polar surface area (TPSA) is 61.7 Å². The molecule has 172 valence electrons. The molecule has 31 heavy (non-hydrogen) atoms. The monoisotopic (exact) mass is 465 g/mol. The summed E-state index contributed by atoms with van der Waals surface area (Å²) in [5.41, 5.74) is 5.36. The highest BCUT2D eigenvalue weighted by molar-refractivity contribution is 7.81. The molecule has 0 bridgehead atoms. The fraction of sp³-hybridized carbons (Fsp3) is 0.636. The average Bonchev–Trinajstić information content (AvgIpc) is 2.78. The summed E-state index contributed by atoms with van der Waals surface area (Å²) in [6, 6.07) is 8.38. The Balaban J connectivity index is 1.87. The predicted octanol–water partition coefficient (Wildman–Crippen LogP) is 3.95. The second kappa shape index (κ2) is 11.1. The normalized spacial score (nSPS) is 19.5. The van der Waals surface area contributed by atoms with Crippen LogP contribution in [-0.4, -0.2) is 78.4 Å². The van der Waals surface area contributed by atoms with Crippen molar-refractivity contribution in [3.05, 3.63) is 35.4 Å². The van der Waals surface area contributed by atoms with Crippen LogP contribution in [0.2, 0.25) is 0 Å². The summed E-state index contributed by atoms with van der Waals surface area (Å²) in [7, 11) is -2.16. The molecule has 1 aromatic rings. The summed E-state index contributed by atoms with van der Waals surface area (Å²) in [5, 5.41) is 4.73. The molecular weight excluding hydrogens is 429 g/mol. The van der Waals surface area contributed by atoms with Crippen molar-refractivity contribution >= 4 is 30.9 Å². The zero-order valence-corrected chi connectivity index (χ0v) is 20.9. The van der Waals surface area contributed by atoms with Gasteiger partial charge in [0.05, 0.1) is 32.6 Å². The van der Waals surface area contributed by atoms with Crippen LogP contribution >= 0.6 is 19.6 Å². The Morgan fingerprint density at radius 2 is 1.55 bits per heavy atom. The van der Waals surface area contributed by atoms with E-state index in [1.165, 1.54) is 5.56 Å². The van der Waals surface area contributed by atoms with E-state index in [9.17, 15) is 0 Å². The molecule has 0 atom stereocenters. The van der Waals surface area contributed by atoms with Crippen molar-refractivity contribution in [1.82, 2.24) is 14.8 Å². The van der Waals surface area contributed by atoms with Crippen LogP contribution in [0.1, 0.15) is 38.8 Å². The van der Waals surface area contributed by atoms with E-state index in [4.69, 9.17) is 26.4 Å². The van der Waals surface area contributed by atoms with Crippen molar-refractivity contribution in [2.24, 2.45) is 9.85 Å². The third-order valence-electron chi connectivity index (χ3n) is 5.66. The van der Waals surface area contributed by atoms with Crippen molar-refractivity contribution in [2.45, 2.75) is 39.3 Å². The van der Waals surface area contributed by atoms with Crippen LogP contribution in [0.4, 0.5) is 0 Å². The number of hydrogen-bond acceptors (Lipinski definition) is 4. The van der Waals surface area contributed by atoms with Crippen molar-refractivity contribution in [2.75, 3.05) is 52.6 Å². The minimum absolute atomic E-state index is 0.0763. The molecule has 2 saturated heterocycles. The fourth-order valence-electron chi connectivity index (χ4n) is 4.12. The Kier molecular flexibility index (Phi) is 8.79. The number of morpholine rings is 2. The second-order valence-electron chi connectivity index (χ2n) is 8.74. The standard InChI is InChI=1S/C22H36N5O2PS/c1-5-19-6-8-20(9-7-19)18-23-24-21(31)25-30(22(2,3)4,26-10-14-28-15-11-26)27-12-16-29-17-13-27/h6-9,18H,5,10-17H2,1-4H3,(H,24,31)/b23-18-. The van der Waals surface area contributed by atoms with Gasteiger partial charge in [-0.25, -0.2) is 4.74 Å². The zero-order chi connectivity index (χ0) is 22.3. The van der Waals surface area contributed by atoms with Crippen LogP contribution in [0, 0.1) is 0 Å². The molecule has 2 fully saturated rings. The molecule has 0 aliphatic carbocycles. The first-order valence-electron chi connectivity index (χ1n) is 11.1. The molecule has 2 heterocycles. The summed E-state index contributed by atoms with van der Waals surface area (Å²) < 4.78 is 21.6. The SMILES string of the molecule is CCc1ccc(/C=N\NC(=S)N=P(N2CCOCC2)(N2CCOCC2)C(C)(C)C)cc1. The lowest BCUT2D eigenvalue weighted by Gasteiger charge is -2.52. The van der Waals surface area contributed by atoms with Gasteiger partial charge in [-0.3, -0.25) is 14.8 Å². The van der Waals surface area contributed by atoms with E-state index in [1.54, 1.807) is 6.21 Å². The van der Waals surface area contributed by atoms with Gasteiger partial charge in [-0.15, -0.1) is 0 Å². The number of nitrogens with zero attached hydrogens (tertiary/aromatic N) is 4. The largest absolute Gasteiger partial charge is 0.379 e. The van der Waals surface area contributed by atoms with E-state index in [-0.39, 0.29) is 5.16 Å². The molecule has 2 aliphatic heterocycles. The van der Waals surface area contributed by atoms with Crippen molar-refractivity contribution in [1.29, 1.82) is 0 Å². The first kappa shape index (κ1) is 24.5. The number of hydrogen-bond donors (Lipinski definition) is 1. The fourth-order valence-corrected chi connectivity index (χ4v) is 8.86. The smallest absolute Gasteiger partial charge is 0.214 e. The summed E-state index contributed by atoms with van der Waals surface area (Å²) in [4.78, 5) is 0. The van der Waals surface area contributed by atoms with E-state index in [2.05, 4.69) is 71.8 Å². The van der Waals surface area contributed by atoms with Crippen LogP contribution in [-0.2, 0) is 15.9 Å². The van der Waals surface area contributed by atoms with Gasteiger partial charge in [0.1, 0.15) is 7.36 Å². The third kappa shape index (κ3) is 6.01. The van der Waals surface area contributed by atoms with Crippen LogP contribution < -0.4 is 5.43 Å². The molecule has 3 rings (SSSR count). The van der Waals surface area contributed by atoms with E-state index in [0.29, 0.717) is 5.11 Å². The van der Waals surface area contributed by atoms with E-state index >= 15 is 0 Å². The Labute approximate surface area is 192 Å². The molecule has 0 spiro atoms. The Morgan fingerprint density at radius 3 is 2.00 bits per heavy atom. The summed E-state index contributed by atoms with van der Waals surface area (Å²) in [6.45, 7) is 15.3. The molecule has 0 aromatic heterocycles. The summed E-state index contributed by atoms with van der Waals surface area (Å²) in [6.07, 6.45) is 2.82. The number of rotatable bonds is 5. The van der Waals surface area contributed by atoms with Gasteiger partial charge >= 0.3 is 0 Å². The molecule has 1 N–H and O–H groups in total. The highest BCUT2D eigenvalue weighted by Gasteiger charge is 2.45. The van der Waals surface area contributed by atoms with Gasteiger partial charge in [0.2, 0.25) is 5.11 Å². The van der Waals surface area contributed by atoms with Crippen molar-refractivity contribution in [3.63, 3.8) is 0 Å². The average molecular weight is 466 g/mol. The Bertz CT molecular complexity index is 788. The number of thiocarbonyl (C=S) groups is 1. The quantitative estimate of drug-likeness (QED) is 0.308. The lowest BCUT2D eigenvalue weighted by atomic mass is 10.1. The molecule has 0 amide bonds. The van der Waals surface area contributed by atoms with Crippen molar-refractivity contribution in [3.8, 4) is 0 Å². The molecule has 7 nitrogen and oxygen atoms in total. The van der Waals surface area contributed by atoms with Crippen LogP contribution in [0.3, 0.4) is 0 Å². The first-order chi connectivity index (χ1) is 14.9. The molecule has 0 radical (unpaired) electrons. The van der Waals surface area contributed by atoms with Gasteiger partial charge in [0.15, 0.2) is 0 Å². The third-order valence-corrected chi connectivity index (χ3v) is 10.6. The number of hydrazone groups is 1. The van der Waals surface area contributed by atoms with Crippen molar-refractivity contribution < 1.29 is 9.47 Å². The Hall–Kier alpha value is -1.15. The number of benzene rings is 1. The van der Waals surface area contributed by atoms with E-state index in [1.807, 2.05) is 0 Å². The molecule has 1 aromatic carbocycles. The van der Waals surface area contributed by atoms with Crippen LogP contribution in [0.15, 0.2) is 34.1 Å². The number of ether oxygens (including phenoxy) is 2. The van der Waals surface area contributed by atoms with Gasteiger partial charge in [-0.2, -0.15) is 5.10 Å². The lowest BCUT2D eigenvalue weighted by molar-refractivity contribution is 0.0551. The first-order valence-corrected chi connectivity index (χ1v) is 13.1. The second-order valence-corrected chi connectivity index (χ2v) is 12.9. The number of aryl methyl sites for hydroxylation is 1. The van der Waals surface area contributed by atoms with Gasteiger partial charge < -0.3 is 9.47 Å². The minimum Gasteiger partial charge on any atom is -0.379 e. The molecule has 0 saturated carbocycles. The molecule has 2 aliphatic rings. The maximum atomic E-state index is 5.69. The maximum absolute atomic E-state index is 5.69. The zero-order valence-electron chi connectivity index (χ0n) is 19.2. The number of nitrogens with one attached hydrogen (secondary N) is 1. The molecular formula is C22H36N5O2PS. The highest BCUT2D eigenvalue weighted by atomic mass is 32.1. The van der Waals surface area contributed by atoms with Gasteiger partial charge in [-0.1, -0.05) is 52.0 Å². The van der Waals surface area contributed by atoms with Crippen LogP contribution in [0.25, 0.3) is 0 Å². The van der Waals surface area contributed by atoms with E-state index < -0.39 is 7.36 Å². The van der Waals surface area contributed by atoms with Gasteiger partial charge in [0, 0.05) is 31.3 Å². The highest BCUT2D eigenvalue weighted by Crippen LogP contribution is 2.66. The molecule has 0 unspecified atom stereocenters. The van der Waals surface area contributed by atoms with E-state index in [0.717, 1.165) is 64.6 Å². The van der Waals surface area contributed by atoms with Crippen LogP contribution in [0.5, 0.6) is 0 Å². The molecule has 9 heteroatoms. The predicted molar refractivity (Wildman–Crippen MR) is 133 cm³/mol. The summed E-state index contributed by atoms with van der Waals surface area (Å²) in [5.74, 6) is 0.